The Bertz CT molecular complexity index is 1730. The van der Waals surface area contributed by atoms with E-state index in [0.29, 0.717) is 16.5 Å². The first-order chi connectivity index (χ1) is 19.7. The minimum atomic E-state index is -1.83. The molecule has 12 heteroatoms. The highest BCUT2D eigenvalue weighted by Crippen LogP contribution is 2.44. The van der Waals surface area contributed by atoms with E-state index in [1.54, 1.807) is 24.4 Å². The highest BCUT2D eigenvalue weighted by Gasteiger charge is 2.48. The maximum absolute atomic E-state index is 13.2. The number of nitrogens with one attached hydrogen (secondary N) is 2. The molecule has 212 valence electrons. The molecular formula is C29H27N3O9. The van der Waals surface area contributed by atoms with Crippen LogP contribution in [-0.4, -0.2) is 78.5 Å². The van der Waals surface area contributed by atoms with E-state index in [0.717, 1.165) is 35.9 Å². The molecule has 7 rings (SSSR count). The molecular weight excluding hydrogens is 534 g/mol. The van der Waals surface area contributed by atoms with Crippen LogP contribution in [0, 0.1) is 0 Å². The largest absolute Gasteiger partial charge is 0.479 e. The second-order valence-corrected chi connectivity index (χ2v) is 10.8. The molecule has 0 aliphatic carbocycles. The summed E-state index contributed by atoms with van der Waals surface area (Å²) < 4.78 is 13.0. The second kappa shape index (κ2) is 9.42. The van der Waals surface area contributed by atoms with Gasteiger partial charge in [0.1, 0.15) is 24.1 Å². The summed E-state index contributed by atoms with van der Waals surface area (Å²) >= 11 is 0. The number of rotatable bonds is 5. The Labute approximate surface area is 232 Å². The molecule has 5 heterocycles. The summed E-state index contributed by atoms with van der Waals surface area (Å²) in [6.45, 7) is 0.846. The molecule has 7 atom stereocenters. The van der Waals surface area contributed by atoms with E-state index in [2.05, 4.69) is 20.9 Å². The van der Waals surface area contributed by atoms with E-state index in [9.17, 15) is 34.8 Å². The number of H-pyrrole nitrogens is 1. The maximum atomic E-state index is 13.2. The number of ether oxygens (including phenoxy) is 2. The Morgan fingerprint density at radius 3 is 2.54 bits per heavy atom. The number of carboxylic acids is 1. The Kier molecular flexibility index (Phi) is 5.91. The fourth-order valence-corrected chi connectivity index (χ4v) is 6.49. The number of amides is 2. The molecule has 2 aromatic carbocycles. The van der Waals surface area contributed by atoms with Gasteiger partial charge in [0.05, 0.1) is 17.4 Å². The molecule has 4 aromatic rings. The standard InChI is InChI=1S/C29H27N3O9/c33-22-23(34)25(28(38)39)41-29(24(22)35)40-13-6-7-14-16(10-30-18(14)9-13)19-20(27(37)31-26(19)36)17-11-32-8-2-4-12-3-1-5-15(17)21(12)32/h1,3,5-7,9-11,19-20,22-25,29-30,33-35H,2,4,8H2,(H,38,39)(H,31,36,37)/t19-,20-,22-,23-,24+,25-,29?/m1/s1. The van der Waals surface area contributed by atoms with Crippen LogP contribution in [0.4, 0.5) is 0 Å². The van der Waals surface area contributed by atoms with Crippen molar-refractivity contribution in [1.82, 2.24) is 14.9 Å². The van der Waals surface area contributed by atoms with Gasteiger partial charge in [0, 0.05) is 41.3 Å². The van der Waals surface area contributed by atoms with Crippen molar-refractivity contribution < 1.29 is 44.3 Å². The number of benzene rings is 2. The predicted molar refractivity (Wildman–Crippen MR) is 142 cm³/mol. The third-order valence-corrected chi connectivity index (χ3v) is 8.42. The van der Waals surface area contributed by atoms with Crippen LogP contribution >= 0.6 is 0 Å². The zero-order chi connectivity index (χ0) is 28.6. The summed E-state index contributed by atoms with van der Waals surface area (Å²) in [6, 6.07) is 10.9. The highest BCUT2D eigenvalue weighted by molar-refractivity contribution is 6.13. The van der Waals surface area contributed by atoms with E-state index in [-0.39, 0.29) is 17.6 Å². The van der Waals surface area contributed by atoms with Crippen molar-refractivity contribution in [1.29, 1.82) is 0 Å². The topological polar surface area (TPSA) is 183 Å². The van der Waals surface area contributed by atoms with Gasteiger partial charge in [-0.25, -0.2) is 4.79 Å². The summed E-state index contributed by atoms with van der Waals surface area (Å²) in [5, 5.41) is 43.7. The molecule has 0 saturated carbocycles. The normalized spacial score (nSPS) is 29.7. The van der Waals surface area contributed by atoms with Gasteiger partial charge >= 0.3 is 5.97 Å². The Hall–Kier alpha value is -4.23. The quantitative estimate of drug-likeness (QED) is 0.193. The van der Waals surface area contributed by atoms with Crippen LogP contribution in [0.2, 0.25) is 0 Å². The second-order valence-electron chi connectivity index (χ2n) is 10.8. The van der Waals surface area contributed by atoms with Crippen LogP contribution in [0.3, 0.4) is 0 Å². The SMILES string of the molecule is O=C1NC(=O)[C@H](c2cn3c4c(cccc24)CCC3)[C@H]1c1c[nH]c2cc(OC3O[C@@H](C(=O)O)[C@H](O)[C@@H](O)[C@@H]3O)ccc12. The van der Waals surface area contributed by atoms with Crippen LogP contribution in [0.25, 0.3) is 21.8 Å². The number of aryl methyl sites for hydroxylation is 2. The maximum Gasteiger partial charge on any atom is 0.335 e. The number of aliphatic carboxylic acids is 1. The van der Waals surface area contributed by atoms with Crippen molar-refractivity contribution in [2.24, 2.45) is 0 Å². The van der Waals surface area contributed by atoms with Gasteiger partial charge in [-0.15, -0.1) is 0 Å². The van der Waals surface area contributed by atoms with Crippen LogP contribution in [0.15, 0.2) is 48.8 Å². The molecule has 0 bridgehead atoms. The number of hydrogen-bond donors (Lipinski definition) is 6. The summed E-state index contributed by atoms with van der Waals surface area (Å²) in [6.07, 6.45) is -3.04. The van der Waals surface area contributed by atoms with Gasteiger partial charge in [-0.05, 0) is 41.7 Å². The zero-order valence-corrected chi connectivity index (χ0v) is 21.6. The Morgan fingerprint density at radius 1 is 0.976 bits per heavy atom. The number of aliphatic hydroxyl groups excluding tert-OH is 3. The summed E-state index contributed by atoms with van der Waals surface area (Å²) in [5.74, 6) is -3.57. The molecule has 1 unspecified atom stereocenters. The number of para-hydroxylation sites is 1. The molecule has 12 nitrogen and oxygen atoms in total. The van der Waals surface area contributed by atoms with Crippen LogP contribution < -0.4 is 10.1 Å². The predicted octanol–water partition coefficient (Wildman–Crippen LogP) is 0.864. The first-order valence-corrected chi connectivity index (χ1v) is 13.4. The molecule has 2 saturated heterocycles. The number of carboxylic acid groups (broad SMARTS) is 1. The minimum Gasteiger partial charge on any atom is -0.479 e. The number of aromatic nitrogens is 2. The van der Waals surface area contributed by atoms with Crippen molar-refractivity contribution in [3.63, 3.8) is 0 Å². The molecule has 2 fully saturated rings. The lowest BCUT2D eigenvalue weighted by atomic mass is 9.83. The number of aliphatic hydroxyl groups is 3. The molecule has 0 spiro atoms. The number of hydrogen-bond acceptors (Lipinski definition) is 8. The van der Waals surface area contributed by atoms with Gasteiger partial charge in [-0.3, -0.25) is 14.9 Å². The van der Waals surface area contributed by atoms with E-state index in [1.165, 1.54) is 5.56 Å². The fourth-order valence-electron chi connectivity index (χ4n) is 6.49. The van der Waals surface area contributed by atoms with Gasteiger partial charge in [0.25, 0.3) is 0 Å². The lowest BCUT2D eigenvalue weighted by molar-refractivity contribution is -0.271. The number of carbonyl (C=O) groups is 3. The Morgan fingerprint density at radius 2 is 1.76 bits per heavy atom. The average molecular weight is 562 g/mol. The lowest BCUT2D eigenvalue weighted by Gasteiger charge is -2.38. The van der Waals surface area contributed by atoms with Crippen LogP contribution in [0.1, 0.15) is 34.9 Å². The van der Waals surface area contributed by atoms with Crippen molar-refractivity contribution in [3.8, 4) is 5.75 Å². The number of aromatic amines is 1. The number of fused-ring (bicyclic) bond motifs is 1. The number of carbonyl (C=O) groups excluding carboxylic acids is 2. The van der Waals surface area contributed by atoms with Crippen molar-refractivity contribution in [2.45, 2.75) is 61.9 Å². The zero-order valence-electron chi connectivity index (χ0n) is 21.6. The fraction of sp³-hybridized carbons (Fsp3) is 0.345. The average Bonchev–Trinajstić information content (AvgIpc) is 3.62. The number of imide groups is 1. The van der Waals surface area contributed by atoms with Gasteiger partial charge in [0.15, 0.2) is 6.10 Å². The highest BCUT2D eigenvalue weighted by atomic mass is 16.7. The number of nitrogens with zero attached hydrogens (tertiary/aromatic N) is 1. The van der Waals surface area contributed by atoms with E-state index in [4.69, 9.17) is 9.47 Å². The van der Waals surface area contributed by atoms with Crippen molar-refractivity contribution in [2.75, 3.05) is 0 Å². The lowest BCUT2D eigenvalue weighted by Crippen LogP contribution is -2.61. The third-order valence-electron chi connectivity index (χ3n) is 8.42. The minimum absolute atomic E-state index is 0.181. The summed E-state index contributed by atoms with van der Waals surface area (Å²) in [7, 11) is 0. The molecule has 41 heavy (non-hydrogen) atoms. The smallest absolute Gasteiger partial charge is 0.335 e. The first-order valence-electron chi connectivity index (χ1n) is 13.4. The monoisotopic (exact) mass is 561 g/mol. The molecule has 2 aromatic heterocycles. The summed E-state index contributed by atoms with van der Waals surface area (Å²) in [5.41, 5.74) is 4.33. The van der Waals surface area contributed by atoms with Gasteiger partial charge < -0.3 is 39.5 Å². The third kappa shape index (κ3) is 3.94. The molecule has 2 amide bonds. The van der Waals surface area contributed by atoms with Crippen LogP contribution in [0.5, 0.6) is 5.75 Å². The van der Waals surface area contributed by atoms with Crippen molar-refractivity contribution in [3.05, 3.63) is 65.5 Å². The Balaban J connectivity index is 1.22. The van der Waals surface area contributed by atoms with Gasteiger partial charge in [-0.2, -0.15) is 0 Å². The van der Waals surface area contributed by atoms with E-state index in [1.807, 2.05) is 18.3 Å². The van der Waals surface area contributed by atoms with Crippen LogP contribution in [-0.2, 0) is 32.1 Å². The molecule has 3 aliphatic heterocycles. The summed E-state index contributed by atoms with van der Waals surface area (Å²) in [4.78, 5) is 40.9. The van der Waals surface area contributed by atoms with Gasteiger partial charge in [-0.1, -0.05) is 18.2 Å². The first kappa shape index (κ1) is 25.7. The molecule has 3 aliphatic rings. The molecule has 6 N–H and O–H groups in total. The molecule has 0 radical (unpaired) electrons. The van der Waals surface area contributed by atoms with E-state index < -0.39 is 48.5 Å². The van der Waals surface area contributed by atoms with Gasteiger partial charge in [0.2, 0.25) is 18.1 Å². The van der Waals surface area contributed by atoms with E-state index >= 15 is 0 Å². The van der Waals surface area contributed by atoms with Crippen molar-refractivity contribution >= 4 is 39.6 Å².